The molecule has 0 radical (unpaired) electrons. The van der Waals surface area contributed by atoms with Crippen molar-refractivity contribution in [1.29, 1.82) is 0 Å². The third-order valence-corrected chi connectivity index (χ3v) is 5.02. The molecule has 0 amide bonds. The molecular formula is C13H21FN2O2S. The molecule has 3 N–H and O–H groups in total. The van der Waals surface area contributed by atoms with Crippen molar-refractivity contribution >= 4 is 10.0 Å². The lowest BCUT2D eigenvalue weighted by Crippen LogP contribution is -2.37. The molecule has 2 atom stereocenters. The van der Waals surface area contributed by atoms with Gasteiger partial charge in [-0.25, -0.2) is 17.5 Å². The molecule has 0 aliphatic heterocycles. The van der Waals surface area contributed by atoms with Crippen LogP contribution in [0.4, 0.5) is 4.39 Å². The van der Waals surface area contributed by atoms with Gasteiger partial charge in [0.2, 0.25) is 10.0 Å². The summed E-state index contributed by atoms with van der Waals surface area (Å²) < 4.78 is 40.3. The molecule has 1 aromatic rings. The monoisotopic (exact) mass is 288 g/mol. The second-order valence-corrected chi connectivity index (χ2v) is 6.43. The minimum atomic E-state index is -3.75. The molecular weight excluding hydrogens is 267 g/mol. The maximum Gasteiger partial charge on any atom is 0.241 e. The van der Waals surface area contributed by atoms with E-state index in [4.69, 9.17) is 5.73 Å². The number of halogens is 1. The summed E-state index contributed by atoms with van der Waals surface area (Å²) >= 11 is 0. The van der Waals surface area contributed by atoms with E-state index in [1.54, 1.807) is 6.92 Å². The topological polar surface area (TPSA) is 72.2 Å². The highest BCUT2D eigenvalue weighted by molar-refractivity contribution is 7.89. The number of hydrogen-bond donors (Lipinski definition) is 2. The van der Waals surface area contributed by atoms with E-state index >= 15 is 0 Å². The quantitative estimate of drug-likeness (QED) is 0.841. The van der Waals surface area contributed by atoms with E-state index in [1.807, 2.05) is 13.8 Å². The first-order valence-electron chi connectivity index (χ1n) is 6.32. The third-order valence-electron chi connectivity index (χ3n) is 3.38. The summed E-state index contributed by atoms with van der Waals surface area (Å²) in [7, 11) is -3.75. The van der Waals surface area contributed by atoms with Gasteiger partial charge in [0, 0.05) is 12.6 Å². The maximum absolute atomic E-state index is 13.2. The van der Waals surface area contributed by atoms with Crippen LogP contribution in [0.1, 0.15) is 32.8 Å². The van der Waals surface area contributed by atoms with Crippen molar-refractivity contribution in [3.05, 3.63) is 29.6 Å². The van der Waals surface area contributed by atoms with E-state index in [-0.39, 0.29) is 23.4 Å². The van der Waals surface area contributed by atoms with Gasteiger partial charge in [-0.05, 0) is 30.5 Å². The highest BCUT2D eigenvalue weighted by Crippen LogP contribution is 2.18. The van der Waals surface area contributed by atoms with Crippen molar-refractivity contribution in [2.75, 3.05) is 0 Å². The molecule has 0 saturated heterocycles. The van der Waals surface area contributed by atoms with Crippen LogP contribution < -0.4 is 10.5 Å². The fourth-order valence-electron chi connectivity index (χ4n) is 1.73. The minimum Gasteiger partial charge on any atom is -0.326 e. The molecule has 0 bridgehead atoms. The Morgan fingerprint density at radius 2 is 2.00 bits per heavy atom. The molecule has 0 aliphatic rings. The van der Waals surface area contributed by atoms with Crippen LogP contribution in [-0.2, 0) is 16.6 Å². The van der Waals surface area contributed by atoms with Crippen LogP contribution in [0.25, 0.3) is 0 Å². The second kappa shape index (κ2) is 6.45. The summed E-state index contributed by atoms with van der Waals surface area (Å²) in [6.07, 6.45) is 0.858. The Hall–Kier alpha value is -0.980. The summed E-state index contributed by atoms with van der Waals surface area (Å²) in [4.78, 5) is -0.0786. The number of rotatable bonds is 6. The van der Waals surface area contributed by atoms with Gasteiger partial charge in [-0.1, -0.05) is 26.3 Å². The third kappa shape index (κ3) is 3.99. The first-order chi connectivity index (χ1) is 8.81. The predicted octanol–water partition coefficient (Wildman–Crippen LogP) is 2.00. The van der Waals surface area contributed by atoms with Gasteiger partial charge in [-0.15, -0.1) is 0 Å². The average Bonchev–Trinajstić information content (AvgIpc) is 2.37. The molecule has 0 spiro atoms. The highest BCUT2D eigenvalue weighted by Gasteiger charge is 2.23. The van der Waals surface area contributed by atoms with Crippen molar-refractivity contribution in [2.45, 2.75) is 44.7 Å². The summed E-state index contributed by atoms with van der Waals surface area (Å²) in [5.41, 5.74) is 5.91. The van der Waals surface area contributed by atoms with Gasteiger partial charge in [-0.2, -0.15) is 0 Å². The lowest BCUT2D eigenvalue weighted by Gasteiger charge is -2.20. The molecule has 4 nitrogen and oxygen atoms in total. The molecule has 1 rings (SSSR count). The van der Waals surface area contributed by atoms with Crippen molar-refractivity contribution in [2.24, 2.45) is 11.7 Å². The Balaban J connectivity index is 3.10. The van der Waals surface area contributed by atoms with E-state index < -0.39 is 15.8 Å². The zero-order valence-corrected chi connectivity index (χ0v) is 12.3. The number of hydrogen-bond acceptors (Lipinski definition) is 3. The molecule has 0 saturated carbocycles. The van der Waals surface area contributed by atoms with E-state index in [9.17, 15) is 12.8 Å². The van der Waals surface area contributed by atoms with E-state index in [2.05, 4.69) is 4.72 Å². The van der Waals surface area contributed by atoms with Crippen LogP contribution >= 0.6 is 0 Å². The number of nitrogens with one attached hydrogen (secondary N) is 1. The van der Waals surface area contributed by atoms with Crippen LogP contribution in [0, 0.1) is 11.7 Å². The molecule has 108 valence electrons. The largest absolute Gasteiger partial charge is 0.326 e. The molecule has 0 aliphatic carbocycles. The fraction of sp³-hybridized carbons (Fsp3) is 0.538. The second-order valence-electron chi connectivity index (χ2n) is 4.75. The number of sulfonamides is 1. The van der Waals surface area contributed by atoms with Gasteiger partial charge in [0.05, 0.1) is 4.90 Å². The van der Waals surface area contributed by atoms with Gasteiger partial charge in [0.15, 0.2) is 0 Å². The molecule has 0 aromatic heterocycles. The lowest BCUT2D eigenvalue weighted by molar-refractivity contribution is 0.433. The highest BCUT2D eigenvalue weighted by atomic mass is 32.2. The van der Waals surface area contributed by atoms with Crippen molar-refractivity contribution in [3.63, 3.8) is 0 Å². The van der Waals surface area contributed by atoms with Gasteiger partial charge in [-0.3, -0.25) is 0 Å². The first kappa shape index (κ1) is 16.1. The SMILES string of the molecule is CCC(C)C(C)NS(=O)(=O)c1cc(F)ccc1CN. The van der Waals surface area contributed by atoms with Gasteiger partial charge < -0.3 is 5.73 Å². The van der Waals surface area contributed by atoms with E-state index in [0.29, 0.717) is 5.56 Å². The normalized spacial score (nSPS) is 15.2. The summed E-state index contributed by atoms with van der Waals surface area (Å²) in [5, 5.41) is 0. The maximum atomic E-state index is 13.2. The van der Waals surface area contributed by atoms with Crippen LogP contribution in [0.5, 0.6) is 0 Å². The minimum absolute atomic E-state index is 0.0498. The van der Waals surface area contributed by atoms with E-state index in [1.165, 1.54) is 12.1 Å². The Kier molecular flexibility index (Phi) is 5.46. The van der Waals surface area contributed by atoms with E-state index in [0.717, 1.165) is 12.5 Å². The first-order valence-corrected chi connectivity index (χ1v) is 7.81. The van der Waals surface area contributed by atoms with Crippen LogP contribution in [0.2, 0.25) is 0 Å². The molecule has 2 unspecified atom stereocenters. The zero-order chi connectivity index (χ0) is 14.6. The molecule has 0 fully saturated rings. The summed E-state index contributed by atoms with van der Waals surface area (Å²) in [6, 6.07) is 3.40. The molecule has 1 aromatic carbocycles. The van der Waals surface area contributed by atoms with Crippen molar-refractivity contribution in [1.82, 2.24) is 4.72 Å². The fourth-order valence-corrected chi connectivity index (χ4v) is 3.34. The summed E-state index contributed by atoms with van der Waals surface area (Å²) in [5.74, 6) is -0.390. The zero-order valence-electron chi connectivity index (χ0n) is 11.5. The lowest BCUT2D eigenvalue weighted by atomic mass is 10.0. The Morgan fingerprint density at radius 3 is 2.53 bits per heavy atom. The van der Waals surface area contributed by atoms with Crippen molar-refractivity contribution < 1.29 is 12.8 Å². The molecule has 0 heterocycles. The van der Waals surface area contributed by atoms with Crippen LogP contribution in [0.15, 0.2) is 23.1 Å². The van der Waals surface area contributed by atoms with Crippen molar-refractivity contribution in [3.8, 4) is 0 Å². The standard InChI is InChI=1S/C13H21FN2O2S/c1-4-9(2)10(3)16-19(17,18)13-7-12(14)6-5-11(13)8-15/h5-7,9-10,16H,4,8,15H2,1-3H3. The number of benzene rings is 1. The average molecular weight is 288 g/mol. The predicted molar refractivity (Wildman–Crippen MR) is 73.5 cm³/mol. The van der Waals surface area contributed by atoms with Gasteiger partial charge in [0.1, 0.15) is 5.82 Å². The van der Waals surface area contributed by atoms with Crippen LogP contribution in [-0.4, -0.2) is 14.5 Å². The molecule has 19 heavy (non-hydrogen) atoms. The Bertz CT molecular complexity index is 531. The van der Waals surface area contributed by atoms with Gasteiger partial charge >= 0.3 is 0 Å². The Labute approximate surface area is 114 Å². The molecule has 6 heteroatoms. The summed E-state index contributed by atoms with van der Waals surface area (Å²) in [6.45, 7) is 5.80. The van der Waals surface area contributed by atoms with Gasteiger partial charge in [0.25, 0.3) is 0 Å². The smallest absolute Gasteiger partial charge is 0.241 e. The number of nitrogens with two attached hydrogens (primary N) is 1. The van der Waals surface area contributed by atoms with Crippen LogP contribution in [0.3, 0.4) is 0 Å². The Morgan fingerprint density at radius 1 is 1.37 bits per heavy atom.